The van der Waals surface area contributed by atoms with Crippen LogP contribution in [0.2, 0.25) is 0 Å². The van der Waals surface area contributed by atoms with Crippen LogP contribution >= 0.6 is 0 Å². The highest BCUT2D eigenvalue weighted by Gasteiger charge is 2.37. The molecule has 1 aliphatic rings. The van der Waals surface area contributed by atoms with Crippen molar-refractivity contribution in [2.45, 2.75) is 0 Å². The van der Waals surface area contributed by atoms with Gasteiger partial charge < -0.3 is 8.83 Å². The fraction of sp³-hybridized carbons (Fsp3) is 0. The van der Waals surface area contributed by atoms with E-state index in [0.717, 1.165) is 27.8 Å². The summed E-state index contributed by atoms with van der Waals surface area (Å²) in [6.45, 7) is 0. The van der Waals surface area contributed by atoms with E-state index in [4.69, 9.17) is 8.83 Å². The average molecular weight is 493 g/mol. The molecule has 0 radical (unpaired) electrons. The number of rotatable bonds is 4. The molecule has 0 N–H and O–H groups in total. The summed E-state index contributed by atoms with van der Waals surface area (Å²) in [5, 5.41) is 0.258. The largest absolute Gasteiger partial charge is 0.421 e. The lowest BCUT2D eigenvalue weighted by Gasteiger charge is -2.27. The van der Waals surface area contributed by atoms with Gasteiger partial charge in [0.1, 0.15) is 5.39 Å². The second-order valence-electron chi connectivity index (χ2n) is 9.15. The molecule has 0 saturated heterocycles. The van der Waals surface area contributed by atoms with E-state index in [2.05, 4.69) is 0 Å². The van der Waals surface area contributed by atoms with E-state index in [1.165, 1.54) is 0 Å². The Morgan fingerprint density at radius 2 is 0.842 bits per heavy atom. The van der Waals surface area contributed by atoms with E-state index >= 15 is 0 Å². The Bertz CT molecular complexity index is 1970. The first-order chi connectivity index (χ1) is 18.7. The first kappa shape index (κ1) is 22.0. The van der Waals surface area contributed by atoms with Crippen LogP contribution in [0.1, 0.15) is 22.5 Å². The van der Waals surface area contributed by atoms with Crippen molar-refractivity contribution in [1.82, 2.24) is 0 Å². The van der Waals surface area contributed by atoms with Crippen molar-refractivity contribution in [1.29, 1.82) is 0 Å². The molecule has 38 heavy (non-hydrogen) atoms. The Balaban J connectivity index is 1.63. The number of hydrogen-bond donors (Lipinski definition) is 0. The van der Waals surface area contributed by atoms with Gasteiger partial charge in [-0.2, -0.15) is 0 Å². The van der Waals surface area contributed by atoms with Crippen molar-refractivity contribution in [2.24, 2.45) is 0 Å². The van der Waals surface area contributed by atoms with E-state index in [-0.39, 0.29) is 11.0 Å². The predicted octanol–water partition coefficient (Wildman–Crippen LogP) is 7.40. The van der Waals surface area contributed by atoms with Crippen molar-refractivity contribution in [3.63, 3.8) is 0 Å². The van der Waals surface area contributed by atoms with Gasteiger partial charge in [-0.05, 0) is 22.3 Å². The van der Waals surface area contributed by atoms with Crippen molar-refractivity contribution in [3.05, 3.63) is 165 Å². The molecule has 4 aromatic carbocycles. The normalized spacial score (nSPS) is 12.3. The third kappa shape index (κ3) is 3.31. The molecule has 7 rings (SSSR count). The first-order valence-corrected chi connectivity index (χ1v) is 12.4. The van der Waals surface area contributed by atoms with Gasteiger partial charge in [0, 0.05) is 16.7 Å². The summed E-state index contributed by atoms with van der Waals surface area (Å²) in [5.74, 6) is 0.433. The maximum atomic E-state index is 13.7. The second kappa shape index (κ2) is 8.71. The van der Waals surface area contributed by atoms with Crippen LogP contribution in [0.5, 0.6) is 0 Å². The van der Waals surface area contributed by atoms with Gasteiger partial charge in [0.15, 0.2) is 11.3 Å². The van der Waals surface area contributed by atoms with Gasteiger partial charge in [-0.15, -0.1) is 0 Å². The van der Waals surface area contributed by atoms with E-state index in [1.807, 2.05) is 121 Å². The Hall–Kier alpha value is -5.22. The predicted molar refractivity (Wildman–Crippen MR) is 150 cm³/mol. The van der Waals surface area contributed by atoms with E-state index < -0.39 is 11.3 Å². The average Bonchev–Trinajstić information content (AvgIpc) is 2.96. The molecular formula is C34H20O4. The molecule has 1 aliphatic carbocycles. The summed E-state index contributed by atoms with van der Waals surface area (Å²) < 4.78 is 12.1. The van der Waals surface area contributed by atoms with Gasteiger partial charge >= 0.3 is 11.3 Å². The summed E-state index contributed by atoms with van der Waals surface area (Å²) in [4.78, 5) is 27.4. The molecule has 0 spiro atoms. The summed E-state index contributed by atoms with van der Waals surface area (Å²) in [6, 6.07) is 38.4. The second-order valence-corrected chi connectivity index (χ2v) is 9.15. The van der Waals surface area contributed by atoms with Crippen LogP contribution < -0.4 is 11.3 Å². The van der Waals surface area contributed by atoms with E-state index in [0.29, 0.717) is 28.0 Å². The quantitative estimate of drug-likeness (QED) is 0.257. The maximum absolute atomic E-state index is 13.7. The summed E-state index contributed by atoms with van der Waals surface area (Å²) in [6.07, 6.45) is 0. The zero-order valence-corrected chi connectivity index (χ0v) is 20.2. The Kier molecular flexibility index (Phi) is 5.05. The van der Waals surface area contributed by atoms with Crippen LogP contribution in [0.4, 0.5) is 0 Å². The molecule has 0 bridgehead atoms. The lowest BCUT2D eigenvalue weighted by atomic mass is 9.77. The topological polar surface area (TPSA) is 60.4 Å². The van der Waals surface area contributed by atoms with Gasteiger partial charge in [0.2, 0.25) is 0 Å². The maximum Gasteiger partial charge on any atom is 0.348 e. The van der Waals surface area contributed by atoms with Crippen LogP contribution in [0, 0.1) is 0 Å². The zero-order chi connectivity index (χ0) is 25.6. The number of benzene rings is 4. The summed E-state index contributed by atoms with van der Waals surface area (Å²) >= 11 is 0. The number of fused-ring (bicyclic) bond motifs is 3. The summed E-state index contributed by atoms with van der Waals surface area (Å²) in [7, 11) is 0. The fourth-order valence-electron chi connectivity index (χ4n) is 5.32. The van der Waals surface area contributed by atoms with Crippen molar-refractivity contribution in [3.8, 4) is 22.3 Å². The molecule has 4 heteroatoms. The molecule has 2 heterocycles. The van der Waals surface area contributed by atoms with Gasteiger partial charge in [0.05, 0.1) is 11.1 Å². The van der Waals surface area contributed by atoms with Crippen LogP contribution in [0.3, 0.4) is 0 Å². The van der Waals surface area contributed by atoms with Crippen molar-refractivity contribution < 1.29 is 8.83 Å². The number of hydrogen-bond acceptors (Lipinski definition) is 4. The van der Waals surface area contributed by atoms with Crippen molar-refractivity contribution in [2.75, 3.05) is 0 Å². The third-order valence-electron chi connectivity index (χ3n) is 6.96. The standard InChI is InChI=1S/C34H20O4/c35-33-28(24-19-11-4-12-20-24)26(22-15-7-2-8-16-22)30-32(38-33)29-25(21-13-5-1-6-14-21)27(31(29)37-34(30)36)23-17-9-3-10-18-23/h1-20H. The molecule has 180 valence electrons. The minimum atomic E-state index is -0.543. The zero-order valence-electron chi connectivity index (χ0n) is 20.2. The SMILES string of the molecule is O=c1oc2c3c(oc(=O)c2c(-c2ccccc2)c1-c1ccccc1)C(c1ccccc1)=C3c1ccccc1. The Morgan fingerprint density at radius 1 is 0.395 bits per heavy atom. The molecule has 0 aliphatic heterocycles. The molecule has 0 amide bonds. The van der Waals surface area contributed by atoms with Gasteiger partial charge in [-0.25, -0.2) is 9.59 Å². The highest BCUT2D eigenvalue weighted by molar-refractivity contribution is 6.19. The van der Waals surface area contributed by atoms with Gasteiger partial charge in [-0.3, -0.25) is 0 Å². The minimum absolute atomic E-state index is 0.248. The molecule has 0 saturated carbocycles. The Morgan fingerprint density at radius 3 is 1.37 bits per heavy atom. The molecular weight excluding hydrogens is 472 g/mol. The van der Waals surface area contributed by atoms with Crippen LogP contribution in [0.15, 0.2) is 140 Å². The van der Waals surface area contributed by atoms with Crippen molar-refractivity contribution >= 4 is 22.1 Å². The van der Waals surface area contributed by atoms with Gasteiger partial charge in [-0.1, -0.05) is 121 Å². The highest BCUT2D eigenvalue weighted by atomic mass is 16.4. The smallest absolute Gasteiger partial charge is 0.348 e. The fourth-order valence-corrected chi connectivity index (χ4v) is 5.32. The molecule has 0 atom stereocenters. The molecule has 6 aromatic rings. The monoisotopic (exact) mass is 492 g/mol. The minimum Gasteiger partial charge on any atom is -0.421 e. The summed E-state index contributed by atoms with van der Waals surface area (Å²) in [5.41, 5.74) is 5.68. The molecule has 2 aromatic heterocycles. The molecule has 0 fully saturated rings. The van der Waals surface area contributed by atoms with Gasteiger partial charge in [0.25, 0.3) is 0 Å². The lowest BCUT2D eigenvalue weighted by molar-refractivity contribution is 0.489. The Labute approximate surface area is 217 Å². The highest BCUT2D eigenvalue weighted by Crippen LogP contribution is 2.51. The van der Waals surface area contributed by atoms with Crippen LogP contribution in [0.25, 0.3) is 44.4 Å². The third-order valence-corrected chi connectivity index (χ3v) is 6.96. The molecule has 0 unspecified atom stereocenters. The van der Waals surface area contributed by atoms with E-state index in [1.54, 1.807) is 0 Å². The van der Waals surface area contributed by atoms with E-state index in [9.17, 15) is 9.59 Å². The van der Waals surface area contributed by atoms with Crippen LogP contribution in [-0.4, -0.2) is 0 Å². The van der Waals surface area contributed by atoms with Crippen LogP contribution in [-0.2, 0) is 0 Å². The first-order valence-electron chi connectivity index (χ1n) is 12.4. The molecule has 4 nitrogen and oxygen atoms in total. The lowest BCUT2D eigenvalue weighted by Crippen LogP contribution is -2.18.